The van der Waals surface area contributed by atoms with Crippen LogP contribution in [0.15, 0.2) is 48.5 Å². The van der Waals surface area contributed by atoms with Gasteiger partial charge in [0.1, 0.15) is 11.4 Å². The van der Waals surface area contributed by atoms with E-state index in [4.69, 9.17) is 16.3 Å². The fourth-order valence-electron chi connectivity index (χ4n) is 2.74. The van der Waals surface area contributed by atoms with Crippen LogP contribution in [0.4, 0.5) is 11.6 Å². The van der Waals surface area contributed by atoms with E-state index < -0.39 is 0 Å². The number of anilines is 2. The summed E-state index contributed by atoms with van der Waals surface area (Å²) in [5.74, 6) is 0.846. The molecular weight excluding hydrogens is 376 g/mol. The van der Waals surface area contributed by atoms with Gasteiger partial charge in [0.2, 0.25) is 5.95 Å². The Kier molecular flexibility index (Phi) is 6.11. The summed E-state index contributed by atoms with van der Waals surface area (Å²) in [4.78, 5) is 21.4. The molecule has 1 aromatic heterocycles. The van der Waals surface area contributed by atoms with E-state index in [1.54, 1.807) is 31.4 Å². The number of para-hydroxylation sites is 1. The molecule has 2 aromatic carbocycles. The molecule has 0 saturated carbocycles. The van der Waals surface area contributed by atoms with Crippen molar-refractivity contribution in [1.82, 2.24) is 9.97 Å². The minimum atomic E-state index is -0.309. The maximum Gasteiger partial charge on any atom is 0.274 e. The number of benzene rings is 2. The number of nitrogens with zero attached hydrogens (tertiary/aromatic N) is 2. The molecule has 1 amide bonds. The van der Waals surface area contributed by atoms with Crippen molar-refractivity contribution >= 4 is 29.1 Å². The van der Waals surface area contributed by atoms with Crippen LogP contribution in [-0.2, 0) is 6.54 Å². The van der Waals surface area contributed by atoms with Crippen LogP contribution < -0.4 is 15.4 Å². The van der Waals surface area contributed by atoms with Gasteiger partial charge in [-0.15, -0.1) is 0 Å². The summed E-state index contributed by atoms with van der Waals surface area (Å²) in [6, 6.07) is 14.6. The molecule has 0 aliphatic rings. The average Bonchev–Trinajstić information content (AvgIpc) is 2.68. The molecule has 0 unspecified atom stereocenters. The van der Waals surface area contributed by atoms with Crippen LogP contribution in [0.3, 0.4) is 0 Å². The number of carbonyl (C=O) groups is 1. The standard InChI is InChI=1S/C21H21ClN4O2/c1-13-10-16(22)8-9-17(13)25-20(27)18-11-14(2)24-21(26-18)23-12-15-6-4-5-7-19(15)28-3/h4-11H,12H2,1-3H3,(H,25,27)(H,23,24,26). The molecule has 0 radical (unpaired) electrons. The molecule has 3 rings (SSSR count). The van der Waals surface area contributed by atoms with Crippen molar-refractivity contribution in [3.05, 3.63) is 76.1 Å². The van der Waals surface area contributed by atoms with Crippen molar-refractivity contribution in [2.45, 2.75) is 20.4 Å². The summed E-state index contributed by atoms with van der Waals surface area (Å²) in [6.07, 6.45) is 0. The lowest BCUT2D eigenvalue weighted by Gasteiger charge is -2.12. The Bertz CT molecular complexity index is 1010. The highest BCUT2D eigenvalue weighted by atomic mass is 35.5. The molecule has 28 heavy (non-hydrogen) atoms. The molecule has 0 aliphatic carbocycles. The zero-order chi connectivity index (χ0) is 20.1. The number of rotatable bonds is 6. The number of aromatic nitrogens is 2. The highest BCUT2D eigenvalue weighted by Gasteiger charge is 2.13. The van der Waals surface area contributed by atoms with Crippen LogP contribution in [0.1, 0.15) is 27.3 Å². The third kappa shape index (κ3) is 4.78. The molecule has 0 spiro atoms. The van der Waals surface area contributed by atoms with E-state index in [0.717, 1.165) is 16.9 Å². The summed E-state index contributed by atoms with van der Waals surface area (Å²) in [5.41, 5.74) is 3.51. The monoisotopic (exact) mass is 396 g/mol. The van der Waals surface area contributed by atoms with Crippen molar-refractivity contribution < 1.29 is 9.53 Å². The van der Waals surface area contributed by atoms with E-state index in [2.05, 4.69) is 20.6 Å². The molecule has 6 nitrogen and oxygen atoms in total. The summed E-state index contributed by atoms with van der Waals surface area (Å²) in [5, 5.41) is 6.64. The van der Waals surface area contributed by atoms with Gasteiger partial charge in [0.05, 0.1) is 7.11 Å². The maximum absolute atomic E-state index is 12.6. The van der Waals surface area contributed by atoms with Crippen molar-refractivity contribution in [1.29, 1.82) is 0 Å². The first-order valence-electron chi connectivity index (χ1n) is 8.75. The van der Waals surface area contributed by atoms with Crippen molar-refractivity contribution in [2.75, 3.05) is 17.7 Å². The second kappa shape index (κ2) is 8.71. The first-order valence-corrected chi connectivity index (χ1v) is 9.13. The topological polar surface area (TPSA) is 76.1 Å². The van der Waals surface area contributed by atoms with Gasteiger partial charge in [-0.25, -0.2) is 9.97 Å². The fraction of sp³-hybridized carbons (Fsp3) is 0.190. The van der Waals surface area contributed by atoms with E-state index in [0.29, 0.717) is 28.9 Å². The summed E-state index contributed by atoms with van der Waals surface area (Å²) in [7, 11) is 1.63. The van der Waals surface area contributed by atoms with Gasteiger partial charge in [0, 0.05) is 28.5 Å². The quantitative estimate of drug-likeness (QED) is 0.635. The predicted molar refractivity (Wildman–Crippen MR) is 111 cm³/mol. The maximum atomic E-state index is 12.6. The molecule has 144 valence electrons. The van der Waals surface area contributed by atoms with E-state index in [9.17, 15) is 4.79 Å². The molecule has 0 bridgehead atoms. The first-order chi connectivity index (χ1) is 13.5. The second-order valence-electron chi connectivity index (χ2n) is 6.30. The van der Waals surface area contributed by atoms with E-state index in [1.165, 1.54) is 0 Å². The number of aryl methyl sites for hydroxylation is 2. The van der Waals surface area contributed by atoms with Gasteiger partial charge in [-0.05, 0) is 49.7 Å². The molecule has 0 fully saturated rings. The largest absolute Gasteiger partial charge is 0.496 e. The molecule has 1 heterocycles. The lowest BCUT2D eigenvalue weighted by Crippen LogP contribution is -2.16. The number of nitrogens with one attached hydrogen (secondary N) is 2. The second-order valence-corrected chi connectivity index (χ2v) is 6.73. The zero-order valence-electron chi connectivity index (χ0n) is 15.9. The lowest BCUT2D eigenvalue weighted by molar-refractivity contribution is 0.102. The number of halogens is 1. The SMILES string of the molecule is COc1ccccc1CNc1nc(C)cc(C(=O)Nc2ccc(Cl)cc2C)n1. The van der Waals surface area contributed by atoms with E-state index in [1.807, 2.05) is 38.1 Å². The number of amides is 1. The number of hydrogen-bond donors (Lipinski definition) is 2. The summed E-state index contributed by atoms with van der Waals surface area (Å²) < 4.78 is 5.35. The number of hydrogen-bond acceptors (Lipinski definition) is 5. The number of carbonyl (C=O) groups excluding carboxylic acids is 1. The van der Waals surface area contributed by atoms with Crippen LogP contribution in [-0.4, -0.2) is 23.0 Å². The molecule has 0 saturated heterocycles. The molecule has 0 atom stereocenters. The Morgan fingerprint density at radius 3 is 2.64 bits per heavy atom. The normalized spacial score (nSPS) is 10.4. The highest BCUT2D eigenvalue weighted by Crippen LogP contribution is 2.21. The highest BCUT2D eigenvalue weighted by molar-refractivity contribution is 6.30. The number of methoxy groups -OCH3 is 1. The van der Waals surface area contributed by atoms with Gasteiger partial charge < -0.3 is 15.4 Å². The van der Waals surface area contributed by atoms with E-state index >= 15 is 0 Å². The predicted octanol–water partition coefficient (Wildman–Crippen LogP) is 4.62. The van der Waals surface area contributed by atoms with Crippen molar-refractivity contribution in [3.63, 3.8) is 0 Å². The summed E-state index contributed by atoms with van der Waals surface area (Å²) >= 11 is 5.97. The van der Waals surface area contributed by atoms with Crippen LogP contribution in [0, 0.1) is 13.8 Å². The van der Waals surface area contributed by atoms with E-state index in [-0.39, 0.29) is 11.6 Å². The van der Waals surface area contributed by atoms with Crippen LogP contribution in [0.25, 0.3) is 0 Å². The first kappa shape index (κ1) is 19.6. The molecule has 2 N–H and O–H groups in total. The Balaban J connectivity index is 1.76. The lowest BCUT2D eigenvalue weighted by atomic mass is 10.2. The Labute approximate surface area is 168 Å². The smallest absolute Gasteiger partial charge is 0.274 e. The van der Waals surface area contributed by atoms with Crippen LogP contribution in [0.2, 0.25) is 5.02 Å². The molecule has 7 heteroatoms. The van der Waals surface area contributed by atoms with Gasteiger partial charge in [-0.3, -0.25) is 4.79 Å². The number of ether oxygens (including phenoxy) is 1. The fourth-order valence-corrected chi connectivity index (χ4v) is 2.97. The molecular formula is C21H21ClN4O2. The van der Waals surface area contributed by atoms with Gasteiger partial charge in [-0.2, -0.15) is 0 Å². The minimum absolute atomic E-state index is 0.282. The third-order valence-corrected chi connectivity index (χ3v) is 4.39. The van der Waals surface area contributed by atoms with Gasteiger partial charge in [0.25, 0.3) is 5.91 Å². The minimum Gasteiger partial charge on any atom is -0.496 e. The Hall–Kier alpha value is -3.12. The van der Waals surface area contributed by atoms with Gasteiger partial charge in [-0.1, -0.05) is 29.8 Å². The third-order valence-electron chi connectivity index (χ3n) is 4.15. The Morgan fingerprint density at radius 1 is 1.11 bits per heavy atom. The molecule has 0 aliphatic heterocycles. The zero-order valence-corrected chi connectivity index (χ0v) is 16.7. The van der Waals surface area contributed by atoms with Crippen LogP contribution in [0.5, 0.6) is 5.75 Å². The summed E-state index contributed by atoms with van der Waals surface area (Å²) in [6.45, 7) is 4.18. The average molecular weight is 397 g/mol. The Morgan fingerprint density at radius 2 is 1.89 bits per heavy atom. The van der Waals surface area contributed by atoms with Gasteiger partial charge in [0.15, 0.2) is 0 Å². The van der Waals surface area contributed by atoms with Gasteiger partial charge >= 0.3 is 0 Å². The molecule has 3 aromatic rings. The van der Waals surface area contributed by atoms with Crippen molar-refractivity contribution in [2.24, 2.45) is 0 Å². The van der Waals surface area contributed by atoms with Crippen LogP contribution >= 0.6 is 11.6 Å². The van der Waals surface area contributed by atoms with Crippen molar-refractivity contribution in [3.8, 4) is 5.75 Å².